The van der Waals surface area contributed by atoms with E-state index in [-0.39, 0.29) is 5.92 Å². The second-order valence-electron chi connectivity index (χ2n) is 3.94. The maximum atomic E-state index is 10.6. The van der Waals surface area contributed by atoms with E-state index >= 15 is 0 Å². The van der Waals surface area contributed by atoms with Gasteiger partial charge < -0.3 is 0 Å². The third kappa shape index (κ3) is 2.56. The van der Waals surface area contributed by atoms with Gasteiger partial charge >= 0.3 is 0 Å². The van der Waals surface area contributed by atoms with E-state index in [9.17, 15) is 4.79 Å². The zero-order valence-corrected chi connectivity index (χ0v) is 10.2. The predicted molar refractivity (Wildman–Crippen MR) is 71.0 cm³/mol. The van der Waals surface area contributed by atoms with Crippen LogP contribution < -0.4 is 0 Å². The van der Waals surface area contributed by atoms with Crippen LogP contribution in [0.15, 0.2) is 48.5 Å². The minimum Gasteiger partial charge on any atom is -0.290 e. The van der Waals surface area contributed by atoms with Crippen LogP contribution in [-0.2, 0) is 4.79 Å². The molecule has 85 valence electrons. The van der Waals surface area contributed by atoms with Gasteiger partial charge in [-0.15, -0.1) is 0 Å². The van der Waals surface area contributed by atoms with Crippen LogP contribution in [0.25, 0.3) is 11.1 Å². The van der Waals surface area contributed by atoms with E-state index in [1.54, 1.807) is 6.92 Å². The Hall–Kier alpha value is -1.60. The van der Waals surface area contributed by atoms with E-state index in [4.69, 9.17) is 11.6 Å². The van der Waals surface area contributed by atoms with E-state index in [2.05, 4.69) is 0 Å². The normalized spacial score (nSPS) is 12.1. The van der Waals surface area contributed by atoms with Gasteiger partial charge in [0, 0.05) is 16.5 Å². The topological polar surface area (TPSA) is 17.1 Å². The lowest BCUT2D eigenvalue weighted by Crippen LogP contribution is -1.94. The first kappa shape index (κ1) is 11.9. The third-order valence-corrected chi connectivity index (χ3v) is 3.07. The summed E-state index contributed by atoms with van der Waals surface area (Å²) < 4.78 is 0. The van der Waals surface area contributed by atoms with Crippen molar-refractivity contribution in [3.63, 3.8) is 0 Å². The SMILES string of the molecule is CC([C]=O)c1ccc(-c2ccccc2)c(Cl)c1. The van der Waals surface area contributed by atoms with Gasteiger partial charge in [0.1, 0.15) is 0 Å². The molecule has 2 heteroatoms. The van der Waals surface area contributed by atoms with E-state index in [1.807, 2.05) is 54.8 Å². The summed E-state index contributed by atoms with van der Waals surface area (Å²) in [6, 6.07) is 15.6. The van der Waals surface area contributed by atoms with E-state index < -0.39 is 0 Å². The van der Waals surface area contributed by atoms with Gasteiger partial charge in [0.2, 0.25) is 6.29 Å². The Labute approximate surface area is 106 Å². The fourth-order valence-electron chi connectivity index (χ4n) is 1.72. The monoisotopic (exact) mass is 243 g/mol. The molecule has 0 aliphatic carbocycles. The highest BCUT2D eigenvalue weighted by Crippen LogP contribution is 2.30. The summed E-state index contributed by atoms with van der Waals surface area (Å²) in [6.45, 7) is 1.81. The fraction of sp³-hybridized carbons (Fsp3) is 0.133. The van der Waals surface area contributed by atoms with Crippen LogP contribution in [0.2, 0.25) is 5.02 Å². The van der Waals surface area contributed by atoms with Crippen LogP contribution in [0.5, 0.6) is 0 Å². The molecule has 1 atom stereocenters. The van der Waals surface area contributed by atoms with Crippen molar-refractivity contribution in [2.75, 3.05) is 0 Å². The molecule has 0 aromatic heterocycles. The van der Waals surface area contributed by atoms with E-state index in [0.29, 0.717) is 5.02 Å². The lowest BCUT2D eigenvalue weighted by atomic mass is 9.98. The molecule has 2 rings (SSSR count). The second-order valence-corrected chi connectivity index (χ2v) is 4.35. The Bertz CT molecular complexity index is 520. The highest BCUT2D eigenvalue weighted by atomic mass is 35.5. The molecular weight excluding hydrogens is 232 g/mol. The maximum Gasteiger partial charge on any atom is 0.206 e. The third-order valence-electron chi connectivity index (χ3n) is 2.75. The minimum atomic E-state index is -0.239. The van der Waals surface area contributed by atoms with E-state index in [1.165, 1.54) is 0 Å². The molecule has 17 heavy (non-hydrogen) atoms. The maximum absolute atomic E-state index is 10.6. The van der Waals surface area contributed by atoms with Crippen molar-refractivity contribution in [1.29, 1.82) is 0 Å². The van der Waals surface area contributed by atoms with Gasteiger partial charge in [0.25, 0.3) is 0 Å². The van der Waals surface area contributed by atoms with Crippen molar-refractivity contribution in [3.8, 4) is 11.1 Å². The van der Waals surface area contributed by atoms with Gasteiger partial charge in [-0.1, -0.05) is 61.0 Å². The molecule has 0 N–H and O–H groups in total. The largest absolute Gasteiger partial charge is 0.290 e. The molecule has 0 aliphatic heterocycles. The lowest BCUT2D eigenvalue weighted by molar-refractivity contribution is 0.546. The summed E-state index contributed by atoms with van der Waals surface area (Å²) in [7, 11) is 0. The quantitative estimate of drug-likeness (QED) is 0.789. The number of hydrogen-bond acceptors (Lipinski definition) is 1. The first-order valence-corrected chi connectivity index (χ1v) is 5.82. The van der Waals surface area contributed by atoms with Crippen molar-refractivity contribution in [3.05, 3.63) is 59.1 Å². The van der Waals surface area contributed by atoms with Crippen LogP contribution in [0, 0.1) is 0 Å². The predicted octanol–water partition coefficient (Wildman–Crippen LogP) is 4.22. The van der Waals surface area contributed by atoms with Gasteiger partial charge in [-0.05, 0) is 17.2 Å². The molecule has 2 aromatic carbocycles. The molecule has 0 spiro atoms. The van der Waals surface area contributed by atoms with Gasteiger partial charge in [-0.3, -0.25) is 4.79 Å². The van der Waals surface area contributed by atoms with Crippen molar-refractivity contribution in [2.45, 2.75) is 12.8 Å². The highest BCUT2D eigenvalue weighted by molar-refractivity contribution is 6.33. The Balaban J connectivity index is 2.42. The van der Waals surface area contributed by atoms with E-state index in [0.717, 1.165) is 16.7 Å². The van der Waals surface area contributed by atoms with Crippen LogP contribution >= 0.6 is 11.6 Å². The molecule has 0 saturated carbocycles. The zero-order valence-electron chi connectivity index (χ0n) is 9.48. The lowest BCUT2D eigenvalue weighted by Gasteiger charge is -2.08. The van der Waals surface area contributed by atoms with Gasteiger partial charge in [0.05, 0.1) is 0 Å². The van der Waals surface area contributed by atoms with Crippen molar-refractivity contribution >= 4 is 17.9 Å². The number of halogens is 1. The Morgan fingerprint density at radius 3 is 2.41 bits per heavy atom. The molecule has 0 heterocycles. The van der Waals surface area contributed by atoms with Crippen molar-refractivity contribution < 1.29 is 4.79 Å². The summed E-state index contributed by atoms with van der Waals surface area (Å²) in [6.07, 6.45) is 1.96. The standard InChI is InChI=1S/C15H12ClO/c1-11(10-17)13-7-8-14(15(16)9-13)12-5-3-2-4-6-12/h2-9,11H,1H3. The number of rotatable bonds is 3. The van der Waals surface area contributed by atoms with Gasteiger partial charge in [-0.2, -0.15) is 0 Å². The molecular formula is C15H12ClO. The average Bonchev–Trinajstić information content (AvgIpc) is 2.38. The number of hydrogen-bond donors (Lipinski definition) is 0. The molecule has 0 aliphatic rings. The Morgan fingerprint density at radius 2 is 1.82 bits per heavy atom. The first-order chi connectivity index (χ1) is 8.22. The summed E-state index contributed by atoms with van der Waals surface area (Å²) in [4.78, 5) is 10.6. The first-order valence-electron chi connectivity index (χ1n) is 5.45. The molecule has 0 amide bonds. The molecule has 1 nitrogen and oxygen atoms in total. The molecule has 0 bridgehead atoms. The molecule has 1 unspecified atom stereocenters. The van der Waals surface area contributed by atoms with Crippen LogP contribution in [0.1, 0.15) is 18.4 Å². The Morgan fingerprint density at radius 1 is 1.12 bits per heavy atom. The number of carbonyl (C=O) groups excluding carboxylic acids is 1. The van der Waals surface area contributed by atoms with Gasteiger partial charge in [0.15, 0.2) is 0 Å². The molecule has 0 fully saturated rings. The molecule has 0 saturated heterocycles. The van der Waals surface area contributed by atoms with Crippen LogP contribution in [-0.4, -0.2) is 6.29 Å². The summed E-state index contributed by atoms with van der Waals surface area (Å²) in [5, 5.41) is 0.663. The zero-order chi connectivity index (χ0) is 12.3. The molecule has 2 aromatic rings. The van der Waals surface area contributed by atoms with Crippen molar-refractivity contribution in [1.82, 2.24) is 0 Å². The second kappa shape index (κ2) is 5.15. The highest BCUT2D eigenvalue weighted by Gasteiger charge is 2.08. The van der Waals surface area contributed by atoms with Gasteiger partial charge in [-0.25, -0.2) is 0 Å². The van der Waals surface area contributed by atoms with Crippen LogP contribution in [0.3, 0.4) is 0 Å². The minimum absolute atomic E-state index is 0.239. The van der Waals surface area contributed by atoms with Crippen LogP contribution in [0.4, 0.5) is 0 Å². The fourth-order valence-corrected chi connectivity index (χ4v) is 2.02. The Kier molecular flexibility index (Phi) is 3.60. The van der Waals surface area contributed by atoms with Crippen molar-refractivity contribution in [2.24, 2.45) is 0 Å². The summed E-state index contributed by atoms with van der Waals surface area (Å²) >= 11 is 6.24. The summed E-state index contributed by atoms with van der Waals surface area (Å²) in [5.74, 6) is -0.239. The molecule has 1 radical (unpaired) electrons. The average molecular weight is 244 g/mol. The summed E-state index contributed by atoms with van der Waals surface area (Å²) in [5.41, 5.74) is 2.95. The smallest absolute Gasteiger partial charge is 0.206 e. The number of benzene rings is 2.